The number of para-hydroxylation sites is 2. The molecule has 0 spiro atoms. The first-order chi connectivity index (χ1) is 9.65. The molecule has 1 unspecified atom stereocenters. The lowest BCUT2D eigenvalue weighted by Gasteiger charge is -2.29. The molecule has 0 radical (unpaired) electrons. The van der Waals surface area contributed by atoms with Crippen molar-refractivity contribution >= 4 is 28.7 Å². The smallest absolute Gasteiger partial charge is 0.238 e. The Kier molecular flexibility index (Phi) is 3.43. The van der Waals surface area contributed by atoms with E-state index in [4.69, 9.17) is 5.73 Å². The van der Waals surface area contributed by atoms with Gasteiger partial charge in [0.1, 0.15) is 5.54 Å². The van der Waals surface area contributed by atoms with E-state index in [1.807, 2.05) is 31.3 Å². The molecule has 4 N–H and O–H groups in total. The van der Waals surface area contributed by atoms with Gasteiger partial charge in [0.15, 0.2) is 5.16 Å². The number of nitrogens with zero attached hydrogens (tertiary/aromatic N) is 1. The SMILES string of the molecule is CNC(CSc1nc2ccccc2[nH]1)(C(N)=O)C1CC1. The number of hydrogen-bond donors (Lipinski definition) is 3. The maximum absolute atomic E-state index is 11.8. The fourth-order valence-electron chi connectivity index (χ4n) is 2.55. The van der Waals surface area contributed by atoms with Crippen molar-refractivity contribution in [3.05, 3.63) is 24.3 Å². The predicted molar refractivity (Wildman–Crippen MR) is 80.5 cm³/mol. The molecule has 20 heavy (non-hydrogen) atoms. The third-order valence-electron chi connectivity index (χ3n) is 3.96. The van der Waals surface area contributed by atoms with Gasteiger partial charge in [-0.2, -0.15) is 0 Å². The van der Waals surface area contributed by atoms with Crippen molar-refractivity contribution in [1.82, 2.24) is 15.3 Å². The molecule has 1 aliphatic rings. The highest BCUT2D eigenvalue weighted by Gasteiger charge is 2.48. The van der Waals surface area contributed by atoms with Crippen LogP contribution in [-0.4, -0.2) is 34.2 Å². The standard InChI is InChI=1S/C14H18N4OS/c1-16-14(12(15)19,9-6-7-9)8-20-13-17-10-4-2-3-5-11(10)18-13/h2-5,9,16H,6-8H2,1H3,(H2,15,19)(H,17,18). The first-order valence-corrected chi connectivity index (χ1v) is 7.70. The Hall–Kier alpha value is -1.53. The second kappa shape index (κ2) is 5.10. The van der Waals surface area contributed by atoms with Crippen LogP contribution < -0.4 is 11.1 Å². The number of likely N-dealkylation sites (N-methyl/N-ethyl adjacent to an activating group) is 1. The minimum absolute atomic E-state index is 0.272. The highest BCUT2D eigenvalue weighted by molar-refractivity contribution is 7.99. The van der Waals surface area contributed by atoms with Crippen LogP contribution in [0, 0.1) is 5.92 Å². The summed E-state index contributed by atoms with van der Waals surface area (Å²) in [6.07, 6.45) is 2.12. The number of H-pyrrole nitrogens is 1. The van der Waals surface area contributed by atoms with E-state index in [9.17, 15) is 4.79 Å². The molecule has 2 aromatic rings. The number of rotatable bonds is 6. The molecule has 3 rings (SSSR count). The highest BCUT2D eigenvalue weighted by atomic mass is 32.2. The maximum atomic E-state index is 11.8. The lowest BCUT2D eigenvalue weighted by molar-refractivity contribution is -0.124. The van der Waals surface area contributed by atoms with Gasteiger partial charge in [0.2, 0.25) is 5.91 Å². The zero-order chi connectivity index (χ0) is 14.2. The number of aromatic nitrogens is 2. The van der Waals surface area contributed by atoms with E-state index < -0.39 is 5.54 Å². The van der Waals surface area contributed by atoms with Crippen molar-refractivity contribution in [2.45, 2.75) is 23.5 Å². The van der Waals surface area contributed by atoms with Crippen molar-refractivity contribution in [1.29, 1.82) is 0 Å². The van der Waals surface area contributed by atoms with E-state index in [0.29, 0.717) is 11.7 Å². The fourth-order valence-corrected chi connectivity index (χ4v) is 3.78. The third kappa shape index (κ3) is 2.29. The molecular weight excluding hydrogens is 272 g/mol. The van der Waals surface area contributed by atoms with Crippen LogP contribution in [0.3, 0.4) is 0 Å². The average molecular weight is 290 g/mol. The van der Waals surface area contributed by atoms with Crippen LogP contribution in [0.5, 0.6) is 0 Å². The summed E-state index contributed by atoms with van der Waals surface area (Å²) < 4.78 is 0. The molecule has 1 heterocycles. The van der Waals surface area contributed by atoms with Gasteiger partial charge in [-0.3, -0.25) is 4.79 Å². The largest absolute Gasteiger partial charge is 0.368 e. The number of benzene rings is 1. The molecule has 1 amide bonds. The van der Waals surface area contributed by atoms with Gasteiger partial charge in [-0.05, 0) is 37.9 Å². The zero-order valence-electron chi connectivity index (χ0n) is 11.3. The predicted octanol–water partition coefficient (Wildman–Crippen LogP) is 1.51. The first-order valence-electron chi connectivity index (χ1n) is 6.72. The summed E-state index contributed by atoms with van der Waals surface area (Å²) in [5, 5.41) is 3.97. The van der Waals surface area contributed by atoms with Gasteiger partial charge < -0.3 is 16.0 Å². The Bertz CT molecular complexity index is 604. The first kappa shape index (κ1) is 13.5. The second-order valence-electron chi connectivity index (χ2n) is 5.21. The van der Waals surface area contributed by atoms with Gasteiger partial charge >= 0.3 is 0 Å². The maximum Gasteiger partial charge on any atom is 0.238 e. The Morgan fingerprint density at radius 2 is 2.30 bits per heavy atom. The molecule has 106 valence electrons. The molecule has 1 saturated carbocycles. The monoisotopic (exact) mass is 290 g/mol. The lowest BCUT2D eigenvalue weighted by Crippen LogP contribution is -2.57. The van der Waals surface area contributed by atoms with Gasteiger partial charge in [-0.1, -0.05) is 23.9 Å². The fraction of sp³-hybridized carbons (Fsp3) is 0.429. The van der Waals surface area contributed by atoms with Crippen LogP contribution in [0.15, 0.2) is 29.4 Å². The number of primary amides is 1. The summed E-state index contributed by atoms with van der Waals surface area (Å²) in [6, 6.07) is 7.90. The number of fused-ring (bicyclic) bond motifs is 1. The summed E-state index contributed by atoms with van der Waals surface area (Å²) in [5.74, 6) is 0.677. The van der Waals surface area contributed by atoms with E-state index in [1.54, 1.807) is 11.8 Å². The summed E-state index contributed by atoms with van der Waals surface area (Å²) in [6.45, 7) is 0. The van der Waals surface area contributed by atoms with E-state index >= 15 is 0 Å². The average Bonchev–Trinajstić information content (AvgIpc) is 3.19. The van der Waals surface area contributed by atoms with E-state index in [1.165, 1.54) is 0 Å². The van der Waals surface area contributed by atoms with Crippen LogP contribution in [0.4, 0.5) is 0 Å². The number of aromatic amines is 1. The molecule has 0 bridgehead atoms. The van der Waals surface area contributed by atoms with Crippen molar-refractivity contribution in [3.8, 4) is 0 Å². The zero-order valence-corrected chi connectivity index (χ0v) is 12.2. The van der Waals surface area contributed by atoms with Gasteiger partial charge in [-0.25, -0.2) is 4.98 Å². The quantitative estimate of drug-likeness (QED) is 0.704. The highest BCUT2D eigenvalue weighted by Crippen LogP contribution is 2.42. The Labute approximate surface area is 121 Å². The number of carbonyl (C=O) groups excluding carboxylic acids is 1. The molecule has 1 atom stereocenters. The second-order valence-corrected chi connectivity index (χ2v) is 6.17. The molecule has 1 fully saturated rings. The van der Waals surface area contributed by atoms with Crippen LogP contribution in [0.1, 0.15) is 12.8 Å². The van der Waals surface area contributed by atoms with Crippen LogP contribution >= 0.6 is 11.8 Å². The number of amides is 1. The van der Waals surface area contributed by atoms with Gasteiger partial charge in [0.05, 0.1) is 11.0 Å². The number of hydrogen-bond acceptors (Lipinski definition) is 4. The number of nitrogens with two attached hydrogens (primary N) is 1. The minimum Gasteiger partial charge on any atom is -0.368 e. The molecule has 1 aromatic heterocycles. The Morgan fingerprint density at radius 1 is 1.55 bits per heavy atom. The summed E-state index contributed by atoms with van der Waals surface area (Å²) in [4.78, 5) is 19.6. The van der Waals surface area contributed by atoms with Crippen LogP contribution in [0.25, 0.3) is 11.0 Å². The van der Waals surface area contributed by atoms with Gasteiger partial charge in [-0.15, -0.1) is 0 Å². The van der Waals surface area contributed by atoms with E-state index in [0.717, 1.165) is 29.0 Å². The lowest BCUT2D eigenvalue weighted by atomic mass is 9.95. The van der Waals surface area contributed by atoms with E-state index in [-0.39, 0.29) is 5.91 Å². The van der Waals surface area contributed by atoms with Gasteiger partial charge in [0.25, 0.3) is 0 Å². The van der Waals surface area contributed by atoms with Crippen LogP contribution in [-0.2, 0) is 4.79 Å². The topological polar surface area (TPSA) is 83.8 Å². The summed E-state index contributed by atoms with van der Waals surface area (Å²) in [5.41, 5.74) is 6.95. The molecule has 6 heteroatoms. The number of nitrogens with one attached hydrogen (secondary N) is 2. The van der Waals surface area contributed by atoms with E-state index in [2.05, 4.69) is 15.3 Å². The third-order valence-corrected chi connectivity index (χ3v) is 5.03. The molecule has 1 aliphatic carbocycles. The number of imidazole rings is 1. The summed E-state index contributed by atoms with van der Waals surface area (Å²) in [7, 11) is 1.81. The molecular formula is C14H18N4OS. The van der Waals surface area contributed by atoms with Crippen LogP contribution in [0.2, 0.25) is 0 Å². The molecule has 0 saturated heterocycles. The minimum atomic E-state index is -0.621. The Morgan fingerprint density at radius 3 is 2.90 bits per heavy atom. The van der Waals surface area contributed by atoms with Crippen molar-refractivity contribution in [3.63, 3.8) is 0 Å². The molecule has 0 aliphatic heterocycles. The number of thioether (sulfide) groups is 1. The number of carbonyl (C=O) groups is 1. The normalized spacial score (nSPS) is 18.1. The summed E-state index contributed by atoms with van der Waals surface area (Å²) >= 11 is 1.54. The molecule has 5 nitrogen and oxygen atoms in total. The van der Waals surface area contributed by atoms with Crippen molar-refractivity contribution < 1.29 is 4.79 Å². The Balaban J connectivity index is 1.78. The van der Waals surface area contributed by atoms with Gasteiger partial charge in [0, 0.05) is 5.75 Å². The van der Waals surface area contributed by atoms with Crippen molar-refractivity contribution in [2.24, 2.45) is 11.7 Å². The van der Waals surface area contributed by atoms with Crippen molar-refractivity contribution in [2.75, 3.05) is 12.8 Å². The molecule has 1 aromatic carbocycles.